The van der Waals surface area contributed by atoms with Crippen LogP contribution in [-0.2, 0) is 4.74 Å². The fraction of sp³-hybridized carbons (Fsp3) is 0.538. The van der Waals surface area contributed by atoms with Crippen LogP contribution in [0, 0.1) is 0 Å². The van der Waals surface area contributed by atoms with E-state index in [1.54, 1.807) is 0 Å². The van der Waals surface area contributed by atoms with E-state index < -0.39 is 6.10 Å². The van der Waals surface area contributed by atoms with Crippen molar-refractivity contribution >= 4 is 21.6 Å². The zero-order chi connectivity index (χ0) is 12.9. The Labute approximate surface area is 111 Å². The average Bonchev–Trinajstić information content (AvgIpc) is 2.25. The maximum atomic E-state index is 9.73. The Hall–Kier alpha value is -0.580. The van der Waals surface area contributed by atoms with E-state index in [1.165, 1.54) is 0 Å². The SMILES string of the molecule is CC(C)(C)OCC(O)CNc1ccc(Br)cc1. The number of ether oxygens (including phenoxy) is 1. The minimum Gasteiger partial charge on any atom is -0.389 e. The maximum Gasteiger partial charge on any atom is 0.0945 e. The molecule has 0 radical (unpaired) electrons. The number of hydrogen-bond acceptors (Lipinski definition) is 3. The zero-order valence-electron chi connectivity index (χ0n) is 10.5. The Morgan fingerprint density at radius 2 is 1.88 bits per heavy atom. The average molecular weight is 302 g/mol. The van der Waals surface area contributed by atoms with Crippen LogP contribution in [0.5, 0.6) is 0 Å². The molecule has 1 aromatic rings. The number of anilines is 1. The van der Waals surface area contributed by atoms with Crippen molar-refractivity contribution in [2.24, 2.45) is 0 Å². The summed E-state index contributed by atoms with van der Waals surface area (Å²) in [5.41, 5.74) is 0.779. The molecule has 0 saturated heterocycles. The van der Waals surface area contributed by atoms with Crippen LogP contribution in [-0.4, -0.2) is 30.0 Å². The Morgan fingerprint density at radius 1 is 1.29 bits per heavy atom. The van der Waals surface area contributed by atoms with Gasteiger partial charge in [0, 0.05) is 16.7 Å². The van der Waals surface area contributed by atoms with Gasteiger partial charge in [0.15, 0.2) is 0 Å². The van der Waals surface area contributed by atoms with Crippen molar-refractivity contribution in [3.05, 3.63) is 28.7 Å². The largest absolute Gasteiger partial charge is 0.389 e. The summed E-state index contributed by atoms with van der Waals surface area (Å²) in [5, 5.41) is 12.9. The molecule has 1 rings (SSSR count). The lowest BCUT2D eigenvalue weighted by Gasteiger charge is -2.22. The van der Waals surface area contributed by atoms with Crippen molar-refractivity contribution in [3.8, 4) is 0 Å². The van der Waals surface area contributed by atoms with Gasteiger partial charge in [-0.15, -0.1) is 0 Å². The highest BCUT2D eigenvalue weighted by atomic mass is 79.9. The molecule has 0 saturated carbocycles. The van der Waals surface area contributed by atoms with Crippen LogP contribution in [0.2, 0.25) is 0 Å². The minimum atomic E-state index is -0.502. The number of nitrogens with one attached hydrogen (secondary N) is 1. The Morgan fingerprint density at radius 3 is 2.41 bits per heavy atom. The first-order valence-electron chi connectivity index (χ1n) is 5.68. The minimum absolute atomic E-state index is 0.210. The molecular formula is C13H20BrNO2. The van der Waals surface area contributed by atoms with Gasteiger partial charge in [-0.25, -0.2) is 0 Å². The summed E-state index contributed by atoms with van der Waals surface area (Å²) >= 11 is 3.38. The normalized spacial score (nSPS) is 13.5. The van der Waals surface area contributed by atoms with E-state index in [4.69, 9.17) is 4.74 Å². The van der Waals surface area contributed by atoms with Gasteiger partial charge in [0.25, 0.3) is 0 Å². The number of aliphatic hydroxyl groups is 1. The third kappa shape index (κ3) is 6.66. The molecule has 0 fully saturated rings. The summed E-state index contributed by atoms with van der Waals surface area (Å²) in [5.74, 6) is 0. The van der Waals surface area contributed by atoms with E-state index in [2.05, 4.69) is 21.2 Å². The van der Waals surface area contributed by atoms with Crippen LogP contribution in [0.1, 0.15) is 20.8 Å². The van der Waals surface area contributed by atoms with E-state index in [1.807, 2.05) is 45.0 Å². The van der Waals surface area contributed by atoms with E-state index >= 15 is 0 Å². The summed E-state index contributed by atoms with van der Waals surface area (Å²) in [4.78, 5) is 0. The smallest absolute Gasteiger partial charge is 0.0945 e. The number of aliphatic hydroxyl groups excluding tert-OH is 1. The number of hydrogen-bond donors (Lipinski definition) is 2. The van der Waals surface area contributed by atoms with Crippen LogP contribution in [0.25, 0.3) is 0 Å². The van der Waals surface area contributed by atoms with Gasteiger partial charge < -0.3 is 15.2 Å². The van der Waals surface area contributed by atoms with E-state index in [-0.39, 0.29) is 5.60 Å². The van der Waals surface area contributed by atoms with Gasteiger partial charge in [-0.2, -0.15) is 0 Å². The van der Waals surface area contributed by atoms with Crippen LogP contribution in [0.4, 0.5) is 5.69 Å². The zero-order valence-corrected chi connectivity index (χ0v) is 12.1. The highest BCUT2D eigenvalue weighted by Gasteiger charge is 2.13. The molecule has 96 valence electrons. The Balaban J connectivity index is 2.28. The van der Waals surface area contributed by atoms with Gasteiger partial charge in [0.1, 0.15) is 0 Å². The van der Waals surface area contributed by atoms with E-state index in [9.17, 15) is 5.11 Å². The number of benzene rings is 1. The molecule has 0 aliphatic carbocycles. The molecule has 0 amide bonds. The molecule has 0 aromatic heterocycles. The molecule has 2 N–H and O–H groups in total. The second-order valence-corrected chi connectivity index (χ2v) is 5.88. The molecule has 1 unspecified atom stereocenters. The standard InChI is InChI=1S/C13H20BrNO2/c1-13(2,3)17-9-12(16)8-15-11-6-4-10(14)5-7-11/h4-7,12,15-16H,8-9H2,1-3H3. The van der Waals surface area contributed by atoms with Gasteiger partial charge in [-0.3, -0.25) is 0 Å². The van der Waals surface area contributed by atoms with Gasteiger partial charge in [-0.1, -0.05) is 15.9 Å². The van der Waals surface area contributed by atoms with Crippen molar-refractivity contribution in [2.45, 2.75) is 32.5 Å². The number of rotatable bonds is 5. The van der Waals surface area contributed by atoms with Crippen molar-refractivity contribution in [3.63, 3.8) is 0 Å². The fourth-order valence-electron chi connectivity index (χ4n) is 1.21. The summed E-state index contributed by atoms with van der Waals surface area (Å²) in [6.45, 7) is 6.75. The molecule has 0 aliphatic rings. The van der Waals surface area contributed by atoms with Crippen molar-refractivity contribution < 1.29 is 9.84 Å². The van der Waals surface area contributed by atoms with Crippen LogP contribution >= 0.6 is 15.9 Å². The number of halogens is 1. The monoisotopic (exact) mass is 301 g/mol. The molecular weight excluding hydrogens is 282 g/mol. The molecule has 17 heavy (non-hydrogen) atoms. The van der Waals surface area contributed by atoms with Gasteiger partial charge in [0.2, 0.25) is 0 Å². The molecule has 3 nitrogen and oxygen atoms in total. The quantitative estimate of drug-likeness (QED) is 0.878. The lowest BCUT2D eigenvalue weighted by atomic mass is 10.2. The van der Waals surface area contributed by atoms with Gasteiger partial charge in [-0.05, 0) is 45.0 Å². The van der Waals surface area contributed by atoms with Crippen LogP contribution in [0.3, 0.4) is 0 Å². The molecule has 0 aliphatic heterocycles. The summed E-state index contributed by atoms with van der Waals surface area (Å²) in [7, 11) is 0. The predicted molar refractivity (Wildman–Crippen MR) is 74.3 cm³/mol. The van der Waals surface area contributed by atoms with E-state index in [0.29, 0.717) is 13.2 Å². The molecule has 1 aromatic carbocycles. The molecule has 1 atom stereocenters. The first-order valence-corrected chi connectivity index (χ1v) is 6.47. The van der Waals surface area contributed by atoms with E-state index in [0.717, 1.165) is 10.2 Å². The highest BCUT2D eigenvalue weighted by Crippen LogP contribution is 2.14. The second-order valence-electron chi connectivity index (χ2n) is 4.96. The molecule has 4 heteroatoms. The third-order valence-corrected chi connectivity index (χ3v) is 2.62. The fourth-order valence-corrected chi connectivity index (χ4v) is 1.47. The molecule has 0 bridgehead atoms. The van der Waals surface area contributed by atoms with Gasteiger partial charge in [0.05, 0.1) is 18.3 Å². The lowest BCUT2D eigenvalue weighted by molar-refractivity contribution is -0.0449. The molecule has 0 heterocycles. The lowest BCUT2D eigenvalue weighted by Crippen LogP contribution is -2.30. The first-order chi connectivity index (χ1) is 7.87. The summed E-state index contributed by atoms with van der Waals surface area (Å²) in [6.07, 6.45) is -0.502. The topological polar surface area (TPSA) is 41.5 Å². The van der Waals surface area contributed by atoms with Crippen LogP contribution in [0.15, 0.2) is 28.7 Å². The van der Waals surface area contributed by atoms with Gasteiger partial charge >= 0.3 is 0 Å². The maximum absolute atomic E-state index is 9.73. The second kappa shape index (κ2) is 6.38. The Bertz CT molecular complexity index is 332. The summed E-state index contributed by atoms with van der Waals surface area (Å²) < 4.78 is 6.54. The van der Waals surface area contributed by atoms with Crippen LogP contribution < -0.4 is 5.32 Å². The highest BCUT2D eigenvalue weighted by molar-refractivity contribution is 9.10. The van der Waals surface area contributed by atoms with Crippen molar-refractivity contribution in [1.29, 1.82) is 0 Å². The Kier molecular flexibility index (Phi) is 5.43. The third-order valence-electron chi connectivity index (χ3n) is 2.09. The first kappa shape index (κ1) is 14.5. The predicted octanol–water partition coefficient (Wildman–Crippen LogP) is 3.04. The van der Waals surface area contributed by atoms with Crippen molar-refractivity contribution in [2.75, 3.05) is 18.5 Å². The summed E-state index contributed by atoms with van der Waals surface area (Å²) in [6, 6.07) is 7.84. The van der Waals surface area contributed by atoms with Crippen molar-refractivity contribution in [1.82, 2.24) is 0 Å². The molecule has 0 spiro atoms.